The van der Waals surface area contributed by atoms with Gasteiger partial charge in [-0.05, 0) is 50.2 Å². The number of aryl methyl sites for hydroxylation is 1. The van der Waals surface area contributed by atoms with Crippen molar-refractivity contribution in [1.29, 1.82) is 0 Å². The maximum atomic E-state index is 6.25. The second-order valence-electron chi connectivity index (χ2n) is 9.00. The van der Waals surface area contributed by atoms with Crippen LogP contribution in [0.15, 0.2) is 36.5 Å². The van der Waals surface area contributed by atoms with Crippen LogP contribution < -0.4 is 4.90 Å². The van der Waals surface area contributed by atoms with Crippen LogP contribution in [0, 0.1) is 11.8 Å². The van der Waals surface area contributed by atoms with E-state index in [9.17, 15) is 0 Å². The molecule has 3 aliphatic rings. The lowest BCUT2D eigenvalue weighted by Crippen LogP contribution is -2.57. The van der Waals surface area contributed by atoms with Crippen LogP contribution in [-0.2, 0) is 21.3 Å². The summed E-state index contributed by atoms with van der Waals surface area (Å²) in [5.41, 5.74) is 3.81. The minimum atomic E-state index is -0.421. The molecule has 0 radical (unpaired) electrons. The summed E-state index contributed by atoms with van der Waals surface area (Å²) in [6, 6.07) is 11.0. The van der Waals surface area contributed by atoms with Gasteiger partial charge in [0.25, 0.3) is 0 Å². The molecule has 0 unspecified atom stereocenters. The number of ether oxygens (including phenoxy) is 2. The highest BCUT2D eigenvalue weighted by Gasteiger charge is 2.60. The zero-order valence-electron chi connectivity index (χ0n) is 18.4. The lowest BCUT2D eigenvalue weighted by Gasteiger charge is -2.55. The molecule has 1 aromatic carbocycles. The van der Waals surface area contributed by atoms with Crippen LogP contribution >= 0.6 is 0 Å². The first-order valence-corrected chi connectivity index (χ1v) is 11.6. The van der Waals surface area contributed by atoms with Crippen LogP contribution in [0.1, 0.15) is 56.9 Å². The molecule has 2 heterocycles. The second-order valence-corrected chi connectivity index (χ2v) is 9.00. The Balaban J connectivity index is 1.68. The highest BCUT2D eigenvalue weighted by molar-refractivity contribution is 5.47. The van der Waals surface area contributed by atoms with E-state index in [1.54, 1.807) is 0 Å². The molecule has 0 N–H and O–H groups in total. The Hall–Kier alpha value is -1.98. The van der Waals surface area contributed by atoms with Gasteiger partial charge in [-0.2, -0.15) is 0 Å². The molecule has 1 saturated carbocycles. The zero-order chi connectivity index (χ0) is 20.8. The fraction of sp³-hybridized carbons (Fsp3) is 0.600. The Bertz CT molecular complexity index is 893. The smallest absolute Gasteiger partial charge is 0.225 e. The van der Waals surface area contributed by atoms with Crippen molar-refractivity contribution in [2.75, 3.05) is 31.2 Å². The summed E-state index contributed by atoms with van der Waals surface area (Å²) in [6.07, 6.45) is 6.13. The molecule has 30 heavy (non-hydrogen) atoms. The number of anilines is 1. The van der Waals surface area contributed by atoms with E-state index < -0.39 is 5.79 Å². The van der Waals surface area contributed by atoms with Gasteiger partial charge in [-0.15, -0.1) is 0 Å². The summed E-state index contributed by atoms with van der Waals surface area (Å²) in [5, 5.41) is 0. The van der Waals surface area contributed by atoms with Gasteiger partial charge in [0.2, 0.25) is 5.95 Å². The van der Waals surface area contributed by atoms with Crippen molar-refractivity contribution >= 4 is 5.95 Å². The monoisotopic (exact) mass is 407 g/mol. The van der Waals surface area contributed by atoms with Gasteiger partial charge in [0, 0.05) is 37.0 Å². The molecular formula is C25H33N3O2. The van der Waals surface area contributed by atoms with E-state index in [0.717, 1.165) is 44.7 Å². The molecule has 5 heteroatoms. The average molecular weight is 408 g/mol. The lowest BCUT2D eigenvalue weighted by molar-refractivity contribution is -0.232. The third-order valence-electron chi connectivity index (χ3n) is 7.91. The number of fused-ring (bicyclic) bond motifs is 3. The second kappa shape index (κ2) is 7.61. The topological polar surface area (TPSA) is 47.5 Å². The van der Waals surface area contributed by atoms with Gasteiger partial charge in [0.05, 0.1) is 18.9 Å². The Morgan fingerprint density at radius 1 is 1.07 bits per heavy atom. The predicted octanol–water partition coefficient (Wildman–Crippen LogP) is 4.34. The number of hydrogen-bond donors (Lipinski definition) is 0. The summed E-state index contributed by atoms with van der Waals surface area (Å²) in [5.74, 6) is 1.18. The highest BCUT2D eigenvalue weighted by Crippen LogP contribution is 2.59. The van der Waals surface area contributed by atoms with Gasteiger partial charge in [-0.25, -0.2) is 9.97 Å². The first-order chi connectivity index (χ1) is 14.6. The van der Waals surface area contributed by atoms with E-state index in [1.165, 1.54) is 16.8 Å². The summed E-state index contributed by atoms with van der Waals surface area (Å²) >= 11 is 0. The fourth-order valence-corrected chi connectivity index (χ4v) is 6.35. The third kappa shape index (κ3) is 2.82. The van der Waals surface area contributed by atoms with Crippen LogP contribution in [-0.4, -0.2) is 42.1 Å². The van der Waals surface area contributed by atoms with Crippen molar-refractivity contribution in [2.24, 2.45) is 11.8 Å². The number of hydrogen-bond acceptors (Lipinski definition) is 5. The SMILES string of the molecule is CCN(CC)c1ncc2c(n1)[C@@]1(c3ccccc3)CCC3(OCCO3)[C@@H](C)[C@@H]1CC2. The highest BCUT2D eigenvalue weighted by atomic mass is 16.7. The minimum absolute atomic E-state index is 0.111. The van der Waals surface area contributed by atoms with Crippen molar-refractivity contribution in [3.63, 3.8) is 0 Å². The molecule has 1 aliphatic heterocycles. The number of benzene rings is 1. The number of rotatable bonds is 4. The molecule has 0 bridgehead atoms. The lowest BCUT2D eigenvalue weighted by atomic mass is 9.52. The third-order valence-corrected chi connectivity index (χ3v) is 7.91. The maximum absolute atomic E-state index is 6.25. The van der Waals surface area contributed by atoms with Gasteiger partial charge in [0.1, 0.15) is 0 Å². The van der Waals surface area contributed by atoms with E-state index in [4.69, 9.17) is 19.4 Å². The van der Waals surface area contributed by atoms with Crippen molar-refractivity contribution in [3.05, 3.63) is 53.3 Å². The Morgan fingerprint density at radius 3 is 2.50 bits per heavy atom. The largest absolute Gasteiger partial charge is 0.347 e. The summed E-state index contributed by atoms with van der Waals surface area (Å²) in [4.78, 5) is 12.3. The molecule has 3 atom stereocenters. The summed E-state index contributed by atoms with van der Waals surface area (Å²) < 4.78 is 12.5. The minimum Gasteiger partial charge on any atom is -0.347 e. The van der Waals surface area contributed by atoms with Crippen LogP contribution in [0.2, 0.25) is 0 Å². The van der Waals surface area contributed by atoms with Crippen molar-refractivity contribution in [1.82, 2.24) is 9.97 Å². The van der Waals surface area contributed by atoms with E-state index in [-0.39, 0.29) is 5.41 Å². The summed E-state index contributed by atoms with van der Waals surface area (Å²) in [7, 11) is 0. The Morgan fingerprint density at radius 2 is 1.80 bits per heavy atom. The molecule has 5 rings (SSSR count). The van der Waals surface area contributed by atoms with Crippen LogP contribution in [0.25, 0.3) is 0 Å². The van der Waals surface area contributed by atoms with Gasteiger partial charge >= 0.3 is 0 Å². The first kappa shape index (κ1) is 20.0. The summed E-state index contributed by atoms with van der Waals surface area (Å²) in [6.45, 7) is 9.92. The number of aromatic nitrogens is 2. The van der Waals surface area contributed by atoms with E-state index >= 15 is 0 Å². The fourth-order valence-electron chi connectivity index (χ4n) is 6.35. The van der Waals surface area contributed by atoms with Gasteiger partial charge in [-0.1, -0.05) is 37.3 Å². The van der Waals surface area contributed by atoms with Crippen LogP contribution in [0.3, 0.4) is 0 Å². The van der Waals surface area contributed by atoms with Gasteiger partial charge in [0.15, 0.2) is 5.79 Å². The number of nitrogens with zero attached hydrogens (tertiary/aromatic N) is 3. The van der Waals surface area contributed by atoms with Crippen LogP contribution in [0.5, 0.6) is 0 Å². The molecular weight excluding hydrogens is 374 g/mol. The van der Waals surface area contributed by atoms with E-state index in [0.29, 0.717) is 25.0 Å². The first-order valence-electron chi connectivity index (χ1n) is 11.6. The molecule has 2 aromatic rings. The van der Waals surface area contributed by atoms with Crippen molar-refractivity contribution in [3.8, 4) is 0 Å². The normalized spacial score (nSPS) is 29.4. The molecule has 2 aliphatic carbocycles. The molecule has 160 valence electrons. The van der Waals surface area contributed by atoms with Crippen LogP contribution in [0.4, 0.5) is 5.95 Å². The molecule has 1 saturated heterocycles. The molecule has 5 nitrogen and oxygen atoms in total. The van der Waals surface area contributed by atoms with E-state index in [2.05, 4.69) is 62.2 Å². The maximum Gasteiger partial charge on any atom is 0.225 e. The molecule has 1 aromatic heterocycles. The average Bonchev–Trinajstić information content (AvgIpc) is 3.27. The predicted molar refractivity (Wildman–Crippen MR) is 118 cm³/mol. The molecule has 1 spiro atoms. The Labute approximate surface area is 179 Å². The molecule has 0 amide bonds. The van der Waals surface area contributed by atoms with Crippen molar-refractivity contribution in [2.45, 2.75) is 57.7 Å². The van der Waals surface area contributed by atoms with E-state index in [1.807, 2.05) is 0 Å². The van der Waals surface area contributed by atoms with Gasteiger partial charge in [-0.3, -0.25) is 0 Å². The zero-order valence-corrected chi connectivity index (χ0v) is 18.4. The van der Waals surface area contributed by atoms with Gasteiger partial charge < -0.3 is 14.4 Å². The van der Waals surface area contributed by atoms with Crippen molar-refractivity contribution < 1.29 is 9.47 Å². The standard InChI is InChI=1S/C25H33N3O2/c1-4-28(5-2)23-26-17-19-11-12-21-18(3)25(29-15-16-30-25)14-13-24(21,22(19)27-23)20-9-7-6-8-10-20/h6-10,17-18,21H,4-5,11-16H2,1-3H3/t18-,21-,24+/m0/s1. The molecule has 2 fully saturated rings. The Kier molecular flexibility index (Phi) is 5.06. The quantitative estimate of drug-likeness (QED) is 0.754.